The van der Waals surface area contributed by atoms with Crippen LogP contribution in [0.5, 0.6) is 0 Å². The molecular formula is C15H20BrNO2. The van der Waals surface area contributed by atoms with E-state index < -0.39 is 5.97 Å². The average molecular weight is 326 g/mol. The molecule has 104 valence electrons. The molecule has 1 unspecified atom stereocenters. The van der Waals surface area contributed by atoms with Gasteiger partial charge in [0.2, 0.25) is 0 Å². The number of hydrogen-bond donors (Lipinski definition) is 1. The van der Waals surface area contributed by atoms with E-state index in [9.17, 15) is 4.79 Å². The van der Waals surface area contributed by atoms with Crippen LogP contribution in [0.1, 0.15) is 37.7 Å². The maximum Gasteiger partial charge on any atom is 0.303 e. The molecule has 3 nitrogen and oxygen atoms in total. The first-order valence-electron chi connectivity index (χ1n) is 6.82. The van der Waals surface area contributed by atoms with Gasteiger partial charge in [-0.15, -0.1) is 0 Å². The van der Waals surface area contributed by atoms with Gasteiger partial charge in [-0.2, -0.15) is 0 Å². The molecule has 1 heterocycles. The highest BCUT2D eigenvalue weighted by Crippen LogP contribution is 2.31. The number of halogens is 1. The summed E-state index contributed by atoms with van der Waals surface area (Å²) in [7, 11) is 0. The monoisotopic (exact) mass is 325 g/mol. The van der Waals surface area contributed by atoms with Crippen molar-refractivity contribution in [3.8, 4) is 0 Å². The molecule has 1 aliphatic heterocycles. The van der Waals surface area contributed by atoms with E-state index in [4.69, 9.17) is 5.11 Å². The second kappa shape index (κ2) is 6.42. The van der Waals surface area contributed by atoms with E-state index in [0.717, 1.165) is 23.9 Å². The van der Waals surface area contributed by atoms with Gasteiger partial charge in [-0.05, 0) is 56.4 Å². The van der Waals surface area contributed by atoms with Gasteiger partial charge in [-0.25, -0.2) is 0 Å². The van der Waals surface area contributed by atoms with Crippen LogP contribution in [0, 0.1) is 6.92 Å². The van der Waals surface area contributed by atoms with E-state index in [-0.39, 0.29) is 6.42 Å². The smallest absolute Gasteiger partial charge is 0.303 e. The highest BCUT2D eigenvalue weighted by molar-refractivity contribution is 9.10. The van der Waals surface area contributed by atoms with Crippen LogP contribution >= 0.6 is 15.9 Å². The third-order valence-corrected chi connectivity index (χ3v) is 4.28. The molecule has 0 bridgehead atoms. The van der Waals surface area contributed by atoms with Gasteiger partial charge in [-0.3, -0.25) is 4.79 Å². The van der Waals surface area contributed by atoms with Crippen LogP contribution in [0.4, 0.5) is 5.69 Å². The minimum atomic E-state index is -0.696. The lowest BCUT2D eigenvalue weighted by Gasteiger charge is -2.38. The Kier molecular flexibility index (Phi) is 4.86. The zero-order valence-electron chi connectivity index (χ0n) is 11.2. The second-order valence-corrected chi connectivity index (χ2v) is 6.12. The van der Waals surface area contributed by atoms with E-state index in [1.165, 1.54) is 24.1 Å². The Labute approximate surface area is 122 Å². The molecular weight excluding hydrogens is 306 g/mol. The molecule has 0 spiro atoms. The minimum Gasteiger partial charge on any atom is -0.481 e. The molecule has 2 rings (SSSR count). The van der Waals surface area contributed by atoms with Crippen molar-refractivity contribution >= 4 is 27.6 Å². The van der Waals surface area contributed by atoms with Gasteiger partial charge in [-0.1, -0.05) is 15.9 Å². The van der Waals surface area contributed by atoms with Gasteiger partial charge >= 0.3 is 5.97 Å². The fourth-order valence-electron chi connectivity index (χ4n) is 2.85. The van der Waals surface area contributed by atoms with Gasteiger partial charge < -0.3 is 10.0 Å². The van der Waals surface area contributed by atoms with Crippen LogP contribution in [0.3, 0.4) is 0 Å². The maximum absolute atomic E-state index is 10.8. The standard InChI is InChI=1S/C15H20BrNO2/c1-11-10-12(16)5-7-14(11)17-9-3-2-4-13(17)6-8-15(18)19/h5,7,10,13H,2-4,6,8-9H2,1H3,(H,18,19). The summed E-state index contributed by atoms with van der Waals surface area (Å²) in [4.78, 5) is 13.2. The van der Waals surface area contributed by atoms with Crippen LogP contribution in [0.25, 0.3) is 0 Å². The lowest BCUT2D eigenvalue weighted by molar-refractivity contribution is -0.137. The molecule has 0 aliphatic carbocycles. The van der Waals surface area contributed by atoms with Crippen LogP contribution in [-0.4, -0.2) is 23.7 Å². The van der Waals surface area contributed by atoms with Crippen molar-refractivity contribution < 1.29 is 9.90 Å². The number of anilines is 1. The lowest BCUT2D eigenvalue weighted by Crippen LogP contribution is -2.40. The number of carbonyl (C=O) groups is 1. The SMILES string of the molecule is Cc1cc(Br)ccc1N1CCCCC1CCC(=O)O. The number of aryl methyl sites for hydroxylation is 1. The molecule has 19 heavy (non-hydrogen) atoms. The van der Waals surface area contributed by atoms with E-state index in [1.54, 1.807) is 0 Å². The number of aliphatic carboxylic acids is 1. The maximum atomic E-state index is 10.8. The van der Waals surface area contributed by atoms with Gasteiger partial charge in [0, 0.05) is 29.2 Å². The van der Waals surface area contributed by atoms with Gasteiger partial charge in [0.25, 0.3) is 0 Å². The van der Waals surface area contributed by atoms with Crippen LogP contribution in [0.2, 0.25) is 0 Å². The van der Waals surface area contributed by atoms with E-state index in [1.807, 2.05) is 0 Å². The summed E-state index contributed by atoms with van der Waals surface area (Å²) in [5, 5.41) is 8.87. The third-order valence-electron chi connectivity index (χ3n) is 3.79. The van der Waals surface area contributed by atoms with Crippen LogP contribution in [-0.2, 0) is 4.79 Å². The highest BCUT2D eigenvalue weighted by atomic mass is 79.9. The van der Waals surface area contributed by atoms with Crippen molar-refractivity contribution in [2.24, 2.45) is 0 Å². The molecule has 4 heteroatoms. The summed E-state index contributed by atoms with van der Waals surface area (Å²) >= 11 is 3.49. The van der Waals surface area contributed by atoms with Crippen molar-refractivity contribution in [2.75, 3.05) is 11.4 Å². The van der Waals surface area contributed by atoms with Gasteiger partial charge in [0.05, 0.1) is 0 Å². The number of rotatable bonds is 4. The summed E-state index contributed by atoms with van der Waals surface area (Å²) in [5.41, 5.74) is 2.50. The number of hydrogen-bond acceptors (Lipinski definition) is 2. The van der Waals surface area contributed by atoms with Gasteiger partial charge in [0.1, 0.15) is 0 Å². The number of piperidine rings is 1. The van der Waals surface area contributed by atoms with Crippen molar-refractivity contribution in [1.82, 2.24) is 0 Å². The Balaban J connectivity index is 2.16. The number of benzene rings is 1. The molecule has 1 aromatic carbocycles. The Morgan fingerprint density at radius 1 is 1.47 bits per heavy atom. The highest BCUT2D eigenvalue weighted by Gasteiger charge is 2.24. The van der Waals surface area contributed by atoms with Crippen molar-refractivity contribution in [3.63, 3.8) is 0 Å². The summed E-state index contributed by atoms with van der Waals surface area (Å²) < 4.78 is 1.09. The molecule has 1 fully saturated rings. The first kappa shape index (κ1) is 14.4. The first-order chi connectivity index (χ1) is 9.08. The topological polar surface area (TPSA) is 40.5 Å². The predicted octanol–water partition coefficient (Wildman–Crippen LogP) is 3.98. The molecule has 0 radical (unpaired) electrons. The quantitative estimate of drug-likeness (QED) is 0.910. The Morgan fingerprint density at radius 3 is 2.95 bits per heavy atom. The molecule has 1 aliphatic rings. The van der Waals surface area contributed by atoms with E-state index >= 15 is 0 Å². The number of carboxylic acids is 1. The zero-order chi connectivity index (χ0) is 13.8. The van der Waals surface area contributed by atoms with E-state index in [2.05, 4.69) is 46.0 Å². The summed E-state index contributed by atoms with van der Waals surface area (Å²) in [6, 6.07) is 6.69. The molecule has 0 amide bonds. The molecule has 0 aromatic heterocycles. The molecule has 1 N–H and O–H groups in total. The fraction of sp³-hybridized carbons (Fsp3) is 0.533. The van der Waals surface area contributed by atoms with Crippen molar-refractivity contribution in [3.05, 3.63) is 28.2 Å². The zero-order valence-corrected chi connectivity index (χ0v) is 12.8. The van der Waals surface area contributed by atoms with Crippen LogP contribution < -0.4 is 4.90 Å². The fourth-order valence-corrected chi connectivity index (χ4v) is 3.32. The molecule has 1 atom stereocenters. The van der Waals surface area contributed by atoms with Crippen molar-refractivity contribution in [1.29, 1.82) is 0 Å². The number of carboxylic acid groups (broad SMARTS) is 1. The van der Waals surface area contributed by atoms with Gasteiger partial charge in [0.15, 0.2) is 0 Å². The van der Waals surface area contributed by atoms with E-state index in [0.29, 0.717) is 6.04 Å². The second-order valence-electron chi connectivity index (χ2n) is 5.21. The molecule has 1 saturated heterocycles. The Bertz CT molecular complexity index is 461. The summed E-state index contributed by atoms with van der Waals surface area (Å²) in [6.45, 7) is 3.15. The average Bonchev–Trinajstić information content (AvgIpc) is 2.37. The van der Waals surface area contributed by atoms with Crippen molar-refractivity contribution in [2.45, 2.75) is 45.1 Å². The third kappa shape index (κ3) is 3.72. The predicted molar refractivity (Wildman–Crippen MR) is 80.7 cm³/mol. The minimum absolute atomic E-state index is 0.261. The first-order valence-corrected chi connectivity index (χ1v) is 7.62. The largest absolute Gasteiger partial charge is 0.481 e. The normalized spacial score (nSPS) is 19.5. The Morgan fingerprint density at radius 2 is 2.26 bits per heavy atom. The molecule has 1 aromatic rings. The summed E-state index contributed by atoms with van der Waals surface area (Å²) in [5.74, 6) is -0.696. The lowest BCUT2D eigenvalue weighted by atomic mass is 9.96. The molecule has 0 saturated carbocycles. The number of nitrogens with zero attached hydrogens (tertiary/aromatic N) is 1. The summed E-state index contributed by atoms with van der Waals surface area (Å²) in [6.07, 6.45) is 4.50. The van der Waals surface area contributed by atoms with Crippen LogP contribution in [0.15, 0.2) is 22.7 Å². The Hall–Kier alpha value is -1.03.